The van der Waals surface area contributed by atoms with E-state index in [1.165, 1.54) is 0 Å². The lowest BCUT2D eigenvalue weighted by molar-refractivity contribution is -0.121. The van der Waals surface area contributed by atoms with Crippen LogP contribution in [0.4, 0.5) is 5.69 Å². The fourth-order valence-electron chi connectivity index (χ4n) is 2.67. The van der Waals surface area contributed by atoms with E-state index in [9.17, 15) is 4.79 Å². The average molecular weight is 401 g/mol. The predicted octanol–water partition coefficient (Wildman–Crippen LogP) is 4.70. The fourth-order valence-corrected chi connectivity index (χ4v) is 3.83. The average Bonchev–Trinajstić information content (AvgIpc) is 3.09. The number of amides is 1. The van der Waals surface area contributed by atoms with E-state index in [1.807, 2.05) is 56.3 Å². The van der Waals surface area contributed by atoms with Gasteiger partial charge in [0.2, 0.25) is 5.91 Å². The molecule has 0 fully saturated rings. The lowest BCUT2D eigenvalue weighted by Crippen LogP contribution is -2.36. The van der Waals surface area contributed by atoms with Gasteiger partial charge < -0.3 is 4.90 Å². The van der Waals surface area contributed by atoms with Crippen molar-refractivity contribution >= 4 is 35.0 Å². The Hall–Kier alpha value is -2.31. The highest BCUT2D eigenvalue weighted by Gasteiger charge is 2.24. The molecule has 0 aliphatic heterocycles. The van der Waals surface area contributed by atoms with Crippen LogP contribution in [0.5, 0.6) is 0 Å². The second-order valence-electron chi connectivity index (χ2n) is 6.07. The van der Waals surface area contributed by atoms with Gasteiger partial charge in [-0.05, 0) is 31.2 Å². The zero-order valence-corrected chi connectivity index (χ0v) is 16.8. The highest BCUT2D eigenvalue weighted by Crippen LogP contribution is 2.28. The Morgan fingerprint density at radius 1 is 1.26 bits per heavy atom. The molecule has 2 aromatic heterocycles. The topological polar surface area (TPSA) is 51.0 Å². The summed E-state index contributed by atoms with van der Waals surface area (Å²) in [5.74, 6) is 0.592. The van der Waals surface area contributed by atoms with Crippen molar-refractivity contribution < 1.29 is 4.79 Å². The first kappa shape index (κ1) is 19.5. The number of hydrogen-bond acceptors (Lipinski definition) is 4. The summed E-state index contributed by atoms with van der Waals surface area (Å²) in [7, 11) is 0. The lowest BCUT2D eigenvalue weighted by atomic mass is 10.2. The number of pyridine rings is 1. The number of hydrogen-bond donors (Lipinski definition) is 0. The molecular formula is C20H21ClN4OS. The first-order valence-corrected chi connectivity index (χ1v) is 10.1. The third-order valence-electron chi connectivity index (χ3n) is 4.10. The van der Waals surface area contributed by atoms with Crippen molar-refractivity contribution in [2.24, 2.45) is 5.92 Å². The molecule has 1 atom stereocenters. The van der Waals surface area contributed by atoms with Crippen molar-refractivity contribution in [2.45, 2.75) is 18.7 Å². The molecule has 5 nitrogen and oxygen atoms in total. The Balaban J connectivity index is 1.74. The quantitative estimate of drug-likeness (QED) is 0.539. The summed E-state index contributed by atoms with van der Waals surface area (Å²) in [5, 5.41) is 4.63. The summed E-state index contributed by atoms with van der Waals surface area (Å²) in [4.78, 5) is 19.9. The molecule has 0 radical (unpaired) electrons. The van der Waals surface area contributed by atoms with Crippen LogP contribution >= 0.6 is 23.4 Å². The maximum absolute atomic E-state index is 13.0. The zero-order chi connectivity index (χ0) is 19.2. The first-order chi connectivity index (χ1) is 13.1. The van der Waals surface area contributed by atoms with Gasteiger partial charge in [-0.15, -0.1) is 11.8 Å². The van der Waals surface area contributed by atoms with Gasteiger partial charge in [-0.1, -0.05) is 36.7 Å². The van der Waals surface area contributed by atoms with Crippen molar-refractivity contribution in [2.75, 3.05) is 17.2 Å². The molecule has 2 heterocycles. The standard InChI is InChI=1S/C20H21ClN4OS/c1-3-24(20(26)15(2)14-27-17-9-5-4-6-10-17)18-13-25(23-19(18)21)16-8-7-11-22-12-16/h4-13,15H,3,14H2,1-2H3. The van der Waals surface area contributed by atoms with Gasteiger partial charge >= 0.3 is 0 Å². The lowest BCUT2D eigenvalue weighted by Gasteiger charge is -2.23. The van der Waals surface area contributed by atoms with Gasteiger partial charge in [0.25, 0.3) is 0 Å². The van der Waals surface area contributed by atoms with Gasteiger partial charge in [-0.3, -0.25) is 9.78 Å². The molecule has 1 amide bonds. The maximum Gasteiger partial charge on any atom is 0.230 e. The number of aromatic nitrogens is 3. The van der Waals surface area contributed by atoms with Crippen molar-refractivity contribution in [3.63, 3.8) is 0 Å². The molecule has 140 valence electrons. The summed E-state index contributed by atoms with van der Waals surface area (Å²) in [6.07, 6.45) is 5.17. The highest BCUT2D eigenvalue weighted by atomic mass is 35.5. The minimum atomic E-state index is -0.145. The Bertz CT molecular complexity index is 886. The summed E-state index contributed by atoms with van der Waals surface area (Å²) in [6.45, 7) is 4.41. The smallest absolute Gasteiger partial charge is 0.230 e. The van der Waals surface area contributed by atoms with Gasteiger partial charge in [0.1, 0.15) is 5.69 Å². The molecule has 1 unspecified atom stereocenters. The van der Waals surface area contributed by atoms with Crippen molar-refractivity contribution in [1.29, 1.82) is 0 Å². The van der Waals surface area contributed by atoms with Crippen LogP contribution in [-0.4, -0.2) is 33.0 Å². The van der Waals surface area contributed by atoms with Crippen LogP contribution in [0.1, 0.15) is 13.8 Å². The third kappa shape index (κ3) is 4.70. The van der Waals surface area contributed by atoms with E-state index in [2.05, 4.69) is 10.1 Å². The Morgan fingerprint density at radius 2 is 2.04 bits per heavy atom. The molecular weight excluding hydrogens is 380 g/mol. The second kappa shape index (κ2) is 9.06. The Kier molecular flexibility index (Phi) is 6.53. The number of benzene rings is 1. The monoisotopic (exact) mass is 400 g/mol. The molecule has 0 bridgehead atoms. The molecule has 0 aliphatic carbocycles. The predicted molar refractivity (Wildman–Crippen MR) is 111 cm³/mol. The van der Waals surface area contributed by atoms with Crippen LogP contribution in [0, 0.1) is 5.92 Å². The number of rotatable bonds is 7. The SMILES string of the molecule is CCN(C(=O)C(C)CSc1ccccc1)c1cn(-c2cccnc2)nc1Cl. The number of carbonyl (C=O) groups is 1. The van der Waals surface area contributed by atoms with Crippen LogP contribution in [0.2, 0.25) is 5.15 Å². The summed E-state index contributed by atoms with van der Waals surface area (Å²) < 4.78 is 1.64. The summed E-state index contributed by atoms with van der Waals surface area (Å²) in [5.41, 5.74) is 1.41. The van der Waals surface area contributed by atoms with Gasteiger partial charge in [0, 0.05) is 29.3 Å². The normalized spacial score (nSPS) is 12.0. The van der Waals surface area contributed by atoms with Crippen molar-refractivity contribution in [3.05, 3.63) is 66.2 Å². The van der Waals surface area contributed by atoms with Crippen LogP contribution in [0.3, 0.4) is 0 Å². The van der Waals surface area contributed by atoms with E-state index in [4.69, 9.17) is 11.6 Å². The van der Waals surface area contributed by atoms with E-state index < -0.39 is 0 Å². The molecule has 1 aromatic carbocycles. The van der Waals surface area contributed by atoms with Crippen LogP contribution in [-0.2, 0) is 4.79 Å². The molecule has 7 heteroatoms. The molecule has 27 heavy (non-hydrogen) atoms. The maximum atomic E-state index is 13.0. The van der Waals surface area contributed by atoms with Crippen LogP contribution < -0.4 is 4.90 Å². The summed E-state index contributed by atoms with van der Waals surface area (Å²) >= 11 is 8.02. The highest BCUT2D eigenvalue weighted by molar-refractivity contribution is 7.99. The molecule has 0 aliphatic rings. The Morgan fingerprint density at radius 3 is 2.70 bits per heavy atom. The van der Waals surface area contributed by atoms with Crippen LogP contribution in [0.25, 0.3) is 5.69 Å². The number of thioether (sulfide) groups is 1. The number of halogens is 1. The minimum absolute atomic E-state index is 0.0357. The first-order valence-electron chi connectivity index (χ1n) is 8.75. The van der Waals surface area contributed by atoms with E-state index in [0.29, 0.717) is 23.1 Å². The number of nitrogens with zero attached hydrogens (tertiary/aromatic N) is 4. The van der Waals surface area contributed by atoms with Crippen molar-refractivity contribution in [3.8, 4) is 5.69 Å². The van der Waals surface area contributed by atoms with Crippen LogP contribution in [0.15, 0.2) is 66.0 Å². The minimum Gasteiger partial charge on any atom is -0.308 e. The van der Waals surface area contributed by atoms with Gasteiger partial charge in [0.15, 0.2) is 5.15 Å². The largest absolute Gasteiger partial charge is 0.308 e. The number of anilines is 1. The molecule has 0 N–H and O–H groups in total. The molecule has 3 aromatic rings. The van der Waals surface area contributed by atoms with E-state index in [-0.39, 0.29) is 11.8 Å². The molecule has 0 saturated heterocycles. The second-order valence-corrected chi connectivity index (χ2v) is 7.52. The molecule has 3 rings (SSSR count). The van der Waals surface area contributed by atoms with Gasteiger partial charge in [-0.25, -0.2) is 4.68 Å². The Labute approximate surface area is 168 Å². The van der Waals surface area contributed by atoms with E-state index >= 15 is 0 Å². The van der Waals surface area contributed by atoms with Gasteiger partial charge in [0.05, 0.1) is 18.1 Å². The van der Waals surface area contributed by atoms with E-state index in [0.717, 1.165) is 10.6 Å². The fraction of sp³-hybridized carbons (Fsp3) is 0.250. The van der Waals surface area contributed by atoms with E-state index in [1.54, 1.807) is 39.9 Å². The van der Waals surface area contributed by atoms with Crippen molar-refractivity contribution in [1.82, 2.24) is 14.8 Å². The molecule has 0 spiro atoms. The number of carbonyl (C=O) groups excluding carboxylic acids is 1. The van der Waals surface area contributed by atoms with Gasteiger partial charge in [-0.2, -0.15) is 5.10 Å². The zero-order valence-electron chi connectivity index (χ0n) is 15.2. The summed E-state index contributed by atoms with van der Waals surface area (Å²) in [6, 6.07) is 13.8. The molecule has 0 saturated carbocycles. The third-order valence-corrected chi connectivity index (χ3v) is 5.64.